The van der Waals surface area contributed by atoms with E-state index in [1.807, 2.05) is 66.9 Å². The van der Waals surface area contributed by atoms with Crippen LogP contribution in [0.4, 0.5) is 0 Å². The molecule has 3 rings (SSSR count). The quantitative estimate of drug-likeness (QED) is 0.557. The molecule has 1 heterocycles. The maximum absolute atomic E-state index is 12.0. The van der Waals surface area contributed by atoms with Gasteiger partial charge < -0.3 is 19.7 Å². The van der Waals surface area contributed by atoms with Gasteiger partial charge in [-0.15, -0.1) is 0 Å². The molecule has 0 aliphatic carbocycles. The molecule has 6 heteroatoms. The number of nitrogens with zero attached hydrogens (tertiary/aromatic N) is 1. The Kier molecular flexibility index (Phi) is 6.62. The lowest BCUT2D eigenvalue weighted by molar-refractivity contribution is 0.0694. The lowest BCUT2D eigenvalue weighted by atomic mass is 10.1. The van der Waals surface area contributed by atoms with E-state index in [1.165, 1.54) is 0 Å². The zero-order valence-electron chi connectivity index (χ0n) is 16.8. The summed E-state index contributed by atoms with van der Waals surface area (Å²) >= 11 is 6.21. The summed E-state index contributed by atoms with van der Waals surface area (Å²) in [6.45, 7) is 5.42. The summed E-state index contributed by atoms with van der Waals surface area (Å²) in [4.78, 5) is 12.0. The number of aromatic nitrogens is 1. The Bertz CT molecular complexity index is 1030. The van der Waals surface area contributed by atoms with Crippen LogP contribution in [0.15, 0.2) is 48.5 Å². The summed E-state index contributed by atoms with van der Waals surface area (Å²) in [5, 5.41) is 13.8. The van der Waals surface area contributed by atoms with E-state index in [0.29, 0.717) is 30.2 Å². The number of ether oxygens (including phenoxy) is 1. The van der Waals surface area contributed by atoms with Crippen molar-refractivity contribution in [3.63, 3.8) is 0 Å². The average Bonchev–Trinajstić information content (AvgIpc) is 2.94. The van der Waals surface area contributed by atoms with Crippen LogP contribution < -0.4 is 10.1 Å². The van der Waals surface area contributed by atoms with Gasteiger partial charge in [0.05, 0.1) is 12.7 Å². The molecule has 0 amide bonds. The molecule has 29 heavy (non-hydrogen) atoms. The van der Waals surface area contributed by atoms with Crippen LogP contribution in [0.5, 0.6) is 5.75 Å². The summed E-state index contributed by atoms with van der Waals surface area (Å²) in [7, 11) is 1.64. The molecule has 0 unspecified atom stereocenters. The molecule has 5 nitrogen and oxygen atoms in total. The second kappa shape index (κ2) is 9.16. The van der Waals surface area contributed by atoms with Crippen LogP contribution in [0.25, 0.3) is 0 Å². The van der Waals surface area contributed by atoms with Gasteiger partial charge in [0.15, 0.2) is 0 Å². The number of carboxylic acid groups (broad SMARTS) is 1. The lowest BCUT2D eigenvalue weighted by Crippen LogP contribution is -2.15. The standard InChI is InChI=1S/C23H25ClN2O3/c1-15-20(13-25-12-18-8-4-5-10-21(18)24)22(23(27)28)16(2)26(15)14-17-7-6-9-19(11-17)29-3/h4-11,25H,12-14H2,1-3H3,(H,27,28). The van der Waals surface area contributed by atoms with Crippen LogP contribution in [-0.2, 0) is 19.6 Å². The minimum Gasteiger partial charge on any atom is -0.497 e. The van der Waals surface area contributed by atoms with Crippen molar-refractivity contribution in [2.24, 2.45) is 0 Å². The molecule has 0 aliphatic rings. The molecular weight excluding hydrogens is 388 g/mol. The SMILES string of the molecule is COc1cccc(Cn2c(C)c(CNCc3ccccc3Cl)c(C(=O)O)c2C)c1. The molecule has 0 radical (unpaired) electrons. The predicted molar refractivity (Wildman–Crippen MR) is 115 cm³/mol. The van der Waals surface area contributed by atoms with Gasteiger partial charge in [-0.25, -0.2) is 4.79 Å². The van der Waals surface area contributed by atoms with E-state index in [4.69, 9.17) is 16.3 Å². The van der Waals surface area contributed by atoms with Crippen molar-refractivity contribution in [3.05, 3.63) is 87.2 Å². The summed E-state index contributed by atoms with van der Waals surface area (Å²) in [5.41, 5.74) is 4.87. The number of methoxy groups -OCH3 is 1. The fourth-order valence-corrected chi connectivity index (χ4v) is 3.81. The van der Waals surface area contributed by atoms with Crippen LogP contribution in [0.3, 0.4) is 0 Å². The number of carboxylic acids is 1. The Hall–Kier alpha value is -2.76. The Morgan fingerprint density at radius 2 is 1.86 bits per heavy atom. The molecule has 152 valence electrons. The van der Waals surface area contributed by atoms with E-state index in [-0.39, 0.29) is 0 Å². The van der Waals surface area contributed by atoms with E-state index in [9.17, 15) is 9.90 Å². The normalized spacial score (nSPS) is 10.9. The Balaban J connectivity index is 1.85. The van der Waals surface area contributed by atoms with E-state index >= 15 is 0 Å². The molecule has 0 bridgehead atoms. The Labute approximate surface area is 175 Å². The van der Waals surface area contributed by atoms with Gasteiger partial charge in [-0.1, -0.05) is 41.9 Å². The largest absolute Gasteiger partial charge is 0.497 e. The topological polar surface area (TPSA) is 63.5 Å². The summed E-state index contributed by atoms with van der Waals surface area (Å²) in [6, 6.07) is 15.4. The van der Waals surface area contributed by atoms with E-state index in [2.05, 4.69) is 5.32 Å². The van der Waals surface area contributed by atoms with Crippen LogP contribution in [0, 0.1) is 13.8 Å². The van der Waals surface area contributed by atoms with Crippen molar-refractivity contribution in [2.75, 3.05) is 7.11 Å². The third kappa shape index (κ3) is 4.63. The molecule has 0 saturated carbocycles. The first-order valence-corrected chi connectivity index (χ1v) is 9.79. The zero-order valence-corrected chi connectivity index (χ0v) is 17.6. The summed E-state index contributed by atoms with van der Waals surface area (Å²) in [5.74, 6) is -0.130. The highest BCUT2D eigenvalue weighted by Gasteiger charge is 2.22. The molecular formula is C23H25ClN2O3. The summed E-state index contributed by atoms with van der Waals surface area (Å²) in [6.07, 6.45) is 0. The number of carbonyl (C=O) groups is 1. The maximum Gasteiger partial charge on any atom is 0.337 e. The van der Waals surface area contributed by atoms with Crippen LogP contribution in [0.2, 0.25) is 5.02 Å². The Morgan fingerprint density at radius 3 is 2.55 bits per heavy atom. The number of aromatic carboxylic acids is 1. The van der Waals surface area contributed by atoms with Gasteiger partial charge in [-0.05, 0) is 43.2 Å². The van der Waals surface area contributed by atoms with Crippen molar-refractivity contribution in [2.45, 2.75) is 33.5 Å². The van der Waals surface area contributed by atoms with Crippen molar-refractivity contribution >= 4 is 17.6 Å². The van der Waals surface area contributed by atoms with Gasteiger partial charge in [0.25, 0.3) is 0 Å². The molecule has 1 aromatic heterocycles. The van der Waals surface area contributed by atoms with Crippen molar-refractivity contribution in [1.82, 2.24) is 9.88 Å². The van der Waals surface area contributed by atoms with Gasteiger partial charge in [0, 0.05) is 41.6 Å². The first-order chi connectivity index (χ1) is 13.9. The maximum atomic E-state index is 12.0. The van der Waals surface area contributed by atoms with Gasteiger partial charge in [-0.2, -0.15) is 0 Å². The number of benzene rings is 2. The Morgan fingerprint density at radius 1 is 1.10 bits per heavy atom. The number of hydrogen-bond acceptors (Lipinski definition) is 3. The van der Waals surface area contributed by atoms with Crippen LogP contribution in [0.1, 0.15) is 38.4 Å². The fraction of sp³-hybridized carbons (Fsp3) is 0.261. The highest BCUT2D eigenvalue weighted by molar-refractivity contribution is 6.31. The van der Waals surface area contributed by atoms with Crippen LogP contribution >= 0.6 is 11.6 Å². The second-order valence-electron chi connectivity index (χ2n) is 6.96. The first kappa shape index (κ1) is 21.0. The van der Waals surface area contributed by atoms with E-state index < -0.39 is 5.97 Å². The predicted octanol–water partition coefficient (Wildman–Crippen LogP) is 4.80. The summed E-state index contributed by atoms with van der Waals surface area (Å²) < 4.78 is 7.35. The molecule has 2 N–H and O–H groups in total. The number of rotatable bonds is 8. The number of nitrogens with one attached hydrogen (secondary N) is 1. The fourth-order valence-electron chi connectivity index (χ4n) is 3.60. The van der Waals surface area contributed by atoms with E-state index in [0.717, 1.165) is 33.8 Å². The zero-order chi connectivity index (χ0) is 21.0. The van der Waals surface area contributed by atoms with Crippen molar-refractivity contribution in [3.8, 4) is 5.75 Å². The van der Waals surface area contributed by atoms with Gasteiger partial charge in [0.2, 0.25) is 0 Å². The highest BCUT2D eigenvalue weighted by atomic mass is 35.5. The minimum atomic E-state index is -0.912. The van der Waals surface area contributed by atoms with Gasteiger partial charge in [-0.3, -0.25) is 0 Å². The third-order valence-electron chi connectivity index (χ3n) is 5.17. The minimum absolute atomic E-state index is 0.358. The molecule has 0 spiro atoms. The van der Waals surface area contributed by atoms with Gasteiger partial charge >= 0.3 is 5.97 Å². The monoisotopic (exact) mass is 412 g/mol. The van der Waals surface area contributed by atoms with Crippen molar-refractivity contribution in [1.29, 1.82) is 0 Å². The van der Waals surface area contributed by atoms with Crippen molar-refractivity contribution < 1.29 is 14.6 Å². The highest BCUT2D eigenvalue weighted by Crippen LogP contribution is 2.25. The molecule has 2 aromatic carbocycles. The number of hydrogen-bond donors (Lipinski definition) is 2. The van der Waals surface area contributed by atoms with Gasteiger partial charge in [0.1, 0.15) is 5.75 Å². The smallest absolute Gasteiger partial charge is 0.337 e. The molecule has 0 saturated heterocycles. The molecule has 0 atom stereocenters. The molecule has 3 aromatic rings. The van der Waals surface area contributed by atoms with E-state index in [1.54, 1.807) is 7.11 Å². The second-order valence-corrected chi connectivity index (χ2v) is 7.37. The molecule has 0 fully saturated rings. The van der Waals surface area contributed by atoms with Crippen LogP contribution in [-0.4, -0.2) is 22.8 Å². The number of halogens is 1. The molecule has 0 aliphatic heterocycles. The lowest BCUT2D eigenvalue weighted by Gasteiger charge is -2.11. The first-order valence-electron chi connectivity index (χ1n) is 9.41. The average molecular weight is 413 g/mol. The third-order valence-corrected chi connectivity index (χ3v) is 5.54.